The molecule has 21 nitrogen and oxygen atoms in total. The fourth-order valence-corrected chi connectivity index (χ4v) is 11.5. The fourth-order valence-electron chi connectivity index (χ4n) is 11.3. The van der Waals surface area contributed by atoms with Crippen LogP contribution in [0.15, 0.2) is 188 Å². The molecule has 25 heteroatoms. The Morgan fingerprint density at radius 1 is 0.528 bits per heavy atom. The molecule has 3 aliphatic rings. The number of halogens is 4. The summed E-state index contributed by atoms with van der Waals surface area (Å²) in [4.78, 5) is 62.3. The molecule has 3 aromatic carbocycles. The minimum absolute atomic E-state index is 0.00681. The van der Waals surface area contributed by atoms with Gasteiger partial charge in [0.1, 0.15) is 23.7 Å². The molecule has 3 aliphatic heterocycles. The van der Waals surface area contributed by atoms with Gasteiger partial charge in [0.05, 0.1) is 32.9 Å². The van der Waals surface area contributed by atoms with Crippen LogP contribution >= 0.6 is 11.6 Å². The molecular weight excluding hydrogens is 1160 g/mol. The lowest BCUT2D eigenvalue weighted by molar-refractivity contribution is 0.0926. The van der Waals surface area contributed by atoms with Gasteiger partial charge in [0.2, 0.25) is 5.89 Å². The topological polar surface area (TPSA) is 211 Å². The van der Waals surface area contributed by atoms with E-state index in [4.69, 9.17) is 16.0 Å². The maximum atomic E-state index is 13.7. The van der Waals surface area contributed by atoms with Crippen LogP contribution < -0.4 is 30.7 Å². The van der Waals surface area contributed by atoms with Gasteiger partial charge in [-0.25, -0.2) is 42.5 Å². The Morgan fingerprint density at radius 3 is 1.62 bits per heavy atom. The largest absolute Gasteiger partial charge is 0.444 e. The number of hydrogen-bond acceptors (Lipinski definition) is 13. The number of rotatable bonds is 12. The highest BCUT2D eigenvalue weighted by Gasteiger charge is 2.31. The van der Waals surface area contributed by atoms with E-state index < -0.39 is 5.82 Å². The van der Waals surface area contributed by atoms with Gasteiger partial charge >= 0.3 is 0 Å². The normalized spacial score (nSPS) is 16.4. The average Bonchev–Trinajstić information content (AvgIpc) is 3.92. The zero-order valence-corrected chi connectivity index (χ0v) is 48.6. The van der Waals surface area contributed by atoms with Crippen LogP contribution in [0.5, 0.6) is 0 Å². The molecule has 0 spiro atoms. The number of aromatic nitrogens is 11. The molecule has 0 aliphatic carbocycles. The molecule has 0 saturated carbocycles. The van der Waals surface area contributed by atoms with Crippen LogP contribution in [0.4, 0.5) is 30.6 Å². The van der Waals surface area contributed by atoms with E-state index in [1.54, 1.807) is 73.4 Å². The average molecular weight is 1220 g/mol. The molecule has 450 valence electrons. The Bertz CT molecular complexity index is 4540. The predicted octanol–water partition coefficient (Wildman–Crippen LogP) is 9.43. The third kappa shape index (κ3) is 12.5. The summed E-state index contributed by atoms with van der Waals surface area (Å²) in [6, 6.07) is 29.6. The summed E-state index contributed by atoms with van der Waals surface area (Å²) in [6.07, 6.45) is 24.2. The van der Waals surface area contributed by atoms with E-state index >= 15 is 0 Å². The number of nitrogens with zero attached hydrogens (tertiary/aromatic N) is 14. The maximum absolute atomic E-state index is 13.7. The van der Waals surface area contributed by atoms with Crippen LogP contribution in [0, 0.1) is 24.4 Å². The summed E-state index contributed by atoms with van der Waals surface area (Å²) in [5, 5.41) is 17.7. The number of aryl methyl sites for hydroxylation is 1. The molecule has 0 unspecified atom stereocenters. The van der Waals surface area contributed by atoms with Crippen molar-refractivity contribution in [2.75, 3.05) is 54.0 Å². The number of anilines is 3. The van der Waals surface area contributed by atoms with E-state index in [1.165, 1.54) is 57.6 Å². The summed E-state index contributed by atoms with van der Waals surface area (Å²) < 4.78 is 54.7. The number of carbonyl (C=O) groups excluding carboxylic acids is 3. The number of hydrogen-bond donors (Lipinski definition) is 3. The van der Waals surface area contributed by atoms with E-state index in [0.29, 0.717) is 42.3 Å². The third-order valence-electron chi connectivity index (χ3n) is 15.8. The van der Waals surface area contributed by atoms with Crippen molar-refractivity contribution >= 4 is 63.3 Å². The number of benzene rings is 3. The van der Waals surface area contributed by atoms with Crippen LogP contribution in [0.25, 0.3) is 39.4 Å². The molecule has 3 saturated heterocycles. The third-order valence-corrected chi connectivity index (χ3v) is 16.1. The van der Waals surface area contributed by atoms with E-state index in [2.05, 4.69) is 78.2 Å². The highest BCUT2D eigenvalue weighted by atomic mass is 35.5. The van der Waals surface area contributed by atoms with Crippen molar-refractivity contribution < 1.29 is 32.0 Å². The molecular formula is C64H57ClF3N17O4. The molecule has 15 rings (SSSR count). The second-order valence-electron chi connectivity index (χ2n) is 21.7. The van der Waals surface area contributed by atoms with Crippen molar-refractivity contribution in [3.63, 3.8) is 0 Å². The number of nitrogens with one attached hydrogen (secondary N) is 3. The quantitative estimate of drug-likeness (QED) is 0.104. The first kappa shape index (κ1) is 57.3. The summed E-state index contributed by atoms with van der Waals surface area (Å²) in [6.45, 7) is 6.54. The number of oxazole rings is 1. The zero-order valence-electron chi connectivity index (χ0n) is 47.8. The molecule has 0 radical (unpaired) electrons. The molecule has 12 heterocycles. The lowest BCUT2D eigenvalue weighted by atomic mass is 10.2. The van der Waals surface area contributed by atoms with Gasteiger partial charge in [-0.05, 0) is 129 Å². The van der Waals surface area contributed by atoms with Crippen molar-refractivity contribution in [3.05, 3.63) is 229 Å². The summed E-state index contributed by atoms with van der Waals surface area (Å²) >= 11 is 5.72. The molecule has 0 bridgehead atoms. The van der Waals surface area contributed by atoms with E-state index in [9.17, 15) is 27.6 Å². The zero-order chi connectivity index (χ0) is 61.1. The van der Waals surface area contributed by atoms with Crippen molar-refractivity contribution in [2.24, 2.45) is 0 Å². The van der Waals surface area contributed by atoms with E-state index in [1.807, 2.05) is 70.2 Å². The molecule has 9 aromatic heterocycles. The summed E-state index contributed by atoms with van der Waals surface area (Å²) in [7, 11) is 0. The highest BCUT2D eigenvalue weighted by Crippen LogP contribution is 2.29. The molecule has 89 heavy (non-hydrogen) atoms. The lowest BCUT2D eigenvalue weighted by Gasteiger charge is -2.19. The molecule has 3 fully saturated rings. The van der Waals surface area contributed by atoms with Gasteiger partial charge < -0.3 is 48.3 Å². The molecule has 12 aromatic rings. The Hall–Kier alpha value is -10.8. The molecule has 3 amide bonds. The predicted molar refractivity (Wildman–Crippen MR) is 329 cm³/mol. The highest BCUT2D eigenvalue weighted by molar-refractivity contribution is 6.30. The summed E-state index contributed by atoms with van der Waals surface area (Å²) in [5.41, 5.74) is 6.81. The van der Waals surface area contributed by atoms with Crippen molar-refractivity contribution in [1.82, 2.24) is 68.6 Å². The van der Waals surface area contributed by atoms with Crippen LogP contribution in [0.3, 0.4) is 0 Å². The summed E-state index contributed by atoms with van der Waals surface area (Å²) in [5.74, 6) is 1.04. The van der Waals surface area contributed by atoms with Gasteiger partial charge in [-0.2, -0.15) is 10.2 Å². The van der Waals surface area contributed by atoms with Gasteiger partial charge in [0.25, 0.3) is 17.7 Å². The first-order chi connectivity index (χ1) is 43.3. The maximum Gasteiger partial charge on any atom is 0.273 e. The van der Waals surface area contributed by atoms with Gasteiger partial charge in [-0.1, -0.05) is 17.7 Å². The smallest absolute Gasteiger partial charge is 0.273 e. The second kappa shape index (κ2) is 24.9. The molecule has 3 atom stereocenters. The van der Waals surface area contributed by atoms with Gasteiger partial charge in [-0.3, -0.25) is 14.4 Å². The van der Waals surface area contributed by atoms with Crippen LogP contribution in [-0.2, 0) is 0 Å². The van der Waals surface area contributed by atoms with E-state index in [0.717, 1.165) is 72.9 Å². The van der Waals surface area contributed by atoms with Crippen molar-refractivity contribution in [2.45, 2.75) is 44.3 Å². The first-order valence-electron chi connectivity index (χ1n) is 28.8. The minimum atomic E-state index is -0.534. The van der Waals surface area contributed by atoms with Gasteiger partial charge in [-0.15, -0.1) is 0 Å². The Labute approximate surface area is 511 Å². The standard InChI is InChI=1S/C22H20FN5O2.C21H18ClFN6O.C21H19FN6O/c1-14-6-9-27-11-8-24-20(19(14)27)28-10-7-17(12-28)25-21(29)18-13-30-22(26-18)15-2-4-16(23)5-3-15;22-16-4-3-15(12-17(16)23)29-10-6-18(26-29)21(30)25-14-5-9-28(13-14)20-19-2-1-8-27(19)11-7-24-20;22-15-3-1-4-17(13-15)28-11-7-18(25-28)21(29)24-16-6-10-27(14-16)20-19-5-2-9-26(19)12-8-23-20/h2-6,8-9,11,13,17H,7,10,12H2,1H3,(H,25,29);1-4,6-8,10-12,14H,5,9,13H2,(H,25,30);1-5,7-9,11-13,16H,6,10,14H2,(H,24,29)/t17-;14-;16-/m000/s1. The van der Waals surface area contributed by atoms with Gasteiger partial charge in [0.15, 0.2) is 34.5 Å². The monoisotopic (exact) mass is 1220 g/mol. The first-order valence-corrected chi connectivity index (χ1v) is 29.2. The number of carbonyl (C=O) groups is 3. The minimum Gasteiger partial charge on any atom is -0.444 e. The second-order valence-corrected chi connectivity index (χ2v) is 22.1. The fraction of sp³-hybridized carbons (Fsp3) is 0.203. The number of fused-ring (bicyclic) bond motifs is 3. The Morgan fingerprint density at radius 2 is 1.06 bits per heavy atom. The number of amides is 3. The Kier molecular flexibility index (Phi) is 16.1. The van der Waals surface area contributed by atoms with E-state index in [-0.39, 0.29) is 69.8 Å². The SMILES string of the molecule is Cc1ccn2ccnc(N3CC[C@H](NC(=O)c4coc(-c5ccc(F)cc5)n4)C3)c12.O=C(N[C@H]1CCN(c2nccn3cccc23)C1)c1ccn(-c2ccc(Cl)c(F)c2)n1.O=C(N[C@H]1CCN(c2nccn3cccc23)C1)c1ccn(-c2cccc(F)c2)n1. The lowest BCUT2D eigenvalue weighted by Crippen LogP contribution is -2.37. The molecule has 3 N–H and O–H groups in total. The van der Waals surface area contributed by atoms with Crippen molar-refractivity contribution in [3.8, 4) is 22.8 Å². The van der Waals surface area contributed by atoms with Crippen LogP contribution in [0.1, 0.15) is 56.3 Å². The Balaban J connectivity index is 0.000000123. The van der Waals surface area contributed by atoms with Crippen molar-refractivity contribution in [1.29, 1.82) is 0 Å². The van der Waals surface area contributed by atoms with Crippen LogP contribution in [0.2, 0.25) is 5.02 Å². The van der Waals surface area contributed by atoms with Gasteiger partial charge in [0, 0.05) is 137 Å². The van der Waals surface area contributed by atoms with Crippen LogP contribution in [-0.4, -0.2) is 128 Å².